The zero-order valence-electron chi connectivity index (χ0n) is 15.3. The number of hydrogen-bond donors (Lipinski definition) is 1. The Bertz CT molecular complexity index is 1140. The Labute approximate surface area is 182 Å². The molecule has 1 aromatic heterocycles. The molecule has 0 atom stereocenters. The number of carbonyl (C=O) groups excluding carboxylic acids is 2. The Kier molecular flexibility index (Phi) is 6.33. The Hall–Kier alpha value is -2.72. The molecular formula is C19H15Br2N3O5. The van der Waals surface area contributed by atoms with Crippen LogP contribution in [0.4, 0.5) is 5.69 Å². The Morgan fingerprint density at radius 1 is 1.21 bits per heavy atom. The van der Waals surface area contributed by atoms with Gasteiger partial charge < -0.3 is 14.6 Å². The van der Waals surface area contributed by atoms with E-state index in [1.54, 1.807) is 36.4 Å². The van der Waals surface area contributed by atoms with Crippen LogP contribution >= 0.6 is 31.9 Å². The first-order valence-electron chi connectivity index (χ1n) is 8.27. The Balaban J connectivity index is 1.82. The molecule has 0 fully saturated rings. The fraction of sp³-hybridized carbons (Fsp3) is 0.158. The second-order valence-corrected chi connectivity index (χ2v) is 7.62. The summed E-state index contributed by atoms with van der Waals surface area (Å²) >= 11 is 6.69. The van der Waals surface area contributed by atoms with E-state index >= 15 is 0 Å². The van der Waals surface area contributed by atoms with Crippen LogP contribution in [0.5, 0.6) is 17.4 Å². The van der Waals surface area contributed by atoms with Gasteiger partial charge in [0.15, 0.2) is 23.8 Å². The third-order valence-corrected chi connectivity index (χ3v) is 4.98. The highest BCUT2D eigenvalue weighted by atomic mass is 79.9. The predicted molar refractivity (Wildman–Crippen MR) is 113 cm³/mol. The topological polar surface area (TPSA) is 102 Å². The molecule has 29 heavy (non-hydrogen) atoms. The number of ether oxygens (including phenoxy) is 2. The Morgan fingerprint density at radius 2 is 1.93 bits per heavy atom. The van der Waals surface area contributed by atoms with Gasteiger partial charge in [-0.1, -0.05) is 34.1 Å². The highest BCUT2D eigenvalue weighted by Crippen LogP contribution is 2.39. The number of amides is 1. The third-order valence-electron chi connectivity index (χ3n) is 3.93. The van der Waals surface area contributed by atoms with E-state index in [1.165, 1.54) is 14.0 Å². The molecule has 10 heteroatoms. The summed E-state index contributed by atoms with van der Waals surface area (Å²) in [7, 11) is 1.48. The smallest absolute Gasteiger partial charge is 0.302 e. The minimum atomic E-state index is -0.680. The van der Waals surface area contributed by atoms with E-state index in [2.05, 4.69) is 42.1 Å². The number of nitrogens with zero attached hydrogens (tertiary/aromatic N) is 3. The predicted octanol–water partition coefficient (Wildman–Crippen LogP) is 5.23. The average Bonchev–Trinajstić information content (AvgIpc) is 2.96. The van der Waals surface area contributed by atoms with Crippen molar-refractivity contribution in [2.24, 2.45) is 10.2 Å². The molecule has 0 unspecified atom stereocenters. The molecule has 1 heterocycles. The molecule has 1 amide bonds. The van der Waals surface area contributed by atoms with E-state index in [4.69, 9.17) is 9.47 Å². The van der Waals surface area contributed by atoms with E-state index in [0.717, 1.165) is 9.04 Å². The van der Waals surface area contributed by atoms with Crippen molar-refractivity contribution in [3.63, 3.8) is 0 Å². The quantitative estimate of drug-likeness (QED) is 0.460. The molecule has 2 aromatic carbocycles. The van der Waals surface area contributed by atoms with Crippen LogP contribution in [0.3, 0.4) is 0 Å². The van der Waals surface area contributed by atoms with Gasteiger partial charge >= 0.3 is 5.91 Å². The molecule has 0 saturated heterocycles. The molecular weight excluding hydrogens is 510 g/mol. The van der Waals surface area contributed by atoms with Gasteiger partial charge in [0.05, 0.1) is 17.1 Å². The minimum Gasteiger partial charge on any atom is -0.493 e. The fourth-order valence-electron chi connectivity index (χ4n) is 2.72. The first-order valence-corrected chi connectivity index (χ1v) is 9.85. The highest BCUT2D eigenvalue weighted by molar-refractivity contribution is 9.11. The van der Waals surface area contributed by atoms with Crippen molar-refractivity contribution in [3.8, 4) is 17.4 Å². The molecule has 0 aliphatic heterocycles. The number of para-hydroxylation sites is 1. The molecule has 0 spiro atoms. The molecule has 0 saturated carbocycles. The van der Waals surface area contributed by atoms with Gasteiger partial charge in [-0.2, -0.15) is 0 Å². The first-order chi connectivity index (χ1) is 13.8. The molecule has 1 N–H and O–H groups in total. The molecule has 3 rings (SSSR count). The maximum atomic E-state index is 12.1. The SMILES string of the molecule is COc1cc(Br)cc(Br)c1OCC(=O)N=Nc1c(O)n(C(C)=O)c2ccccc12. The summed E-state index contributed by atoms with van der Waals surface area (Å²) in [4.78, 5) is 24.0. The van der Waals surface area contributed by atoms with E-state index in [-0.39, 0.29) is 17.5 Å². The van der Waals surface area contributed by atoms with Crippen LogP contribution in [0.1, 0.15) is 11.7 Å². The van der Waals surface area contributed by atoms with Gasteiger partial charge in [0.2, 0.25) is 11.8 Å². The van der Waals surface area contributed by atoms with Gasteiger partial charge in [0.25, 0.3) is 0 Å². The summed E-state index contributed by atoms with van der Waals surface area (Å²) in [6.07, 6.45) is 0. The van der Waals surface area contributed by atoms with Gasteiger partial charge in [0.1, 0.15) is 0 Å². The monoisotopic (exact) mass is 523 g/mol. The molecule has 0 aliphatic carbocycles. The summed E-state index contributed by atoms with van der Waals surface area (Å²) in [6.45, 7) is 0.918. The van der Waals surface area contributed by atoms with Crippen molar-refractivity contribution in [2.75, 3.05) is 13.7 Å². The fourth-order valence-corrected chi connectivity index (χ4v) is 4.02. The van der Waals surface area contributed by atoms with Crippen molar-refractivity contribution in [1.29, 1.82) is 0 Å². The van der Waals surface area contributed by atoms with Crippen molar-refractivity contribution >= 4 is 60.3 Å². The molecule has 0 bridgehead atoms. The summed E-state index contributed by atoms with van der Waals surface area (Å²) in [5, 5.41) is 18.3. The molecule has 150 valence electrons. The second kappa shape index (κ2) is 8.75. The average molecular weight is 525 g/mol. The molecule has 0 radical (unpaired) electrons. The van der Waals surface area contributed by atoms with Crippen LogP contribution in [0.15, 0.2) is 55.6 Å². The number of aromatic nitrogens is 1. The number of aromatic hydroxyl groups is 1. The zero-order valence-corrected chi connectivity index (χ0v) is 18.5. The van der Waals surface area contributed by atoms with Gasteiger partial charge in [0, 0.05) is 16.8 Å². The summed E-state index contributed by atoms with van der Waals surface area (Å²) in [5.41, 5.74) is 0.505. The molecule has 0 aliphatic rings. The third kappa shape index (κ3) is 4.33. The van der Waals surface area contributed by atoms with Gasteiger partial charge in [-0.25, -0.2) is 4.57 Å². The number of benzene rings is 2. The van der Waals surface area contributed by atoms with Crippen LogP contribution in [0.2, 0.25) is 0 Å². The molecule has 3 aromatic rings. The lowest BCUT2D eigenvalue weighted by Crippen LogP contribution is -2.09. The van der Waals surface area contributed by atoms with Crippen molar-refractivity contribution in [1.82, 2.24) is 4.57 Å². The lowest BCUT2D eigenvalue weighted by Gasteiger charge is -2.11. The van der Waals surface area contributed by atoms with Gasteiger partial charge in [-0.05, 0) is 34.1 Å². The number of halogens is 2. The number of carbonyl (C=O) groups is 2. The summed E-state index contributed by atoms with van der Waals surface area (Å²) < 4.78 is 13.2. The standard InChI is InChI=1S/C19H15Br2N3O5/c1-10(25)24-14-6-4-3-5-12(14)17(19(24)27)23-22-16(26)9-29-18-13(21)7-11(20)8-15(18)28-2/h3-8,27H,9H2,1-2H3. The van der Waals surface area contributed by atoms with Crippen LogP contribution in [0, 0.1) is 0 Å². The minimum absolute atomic E-state index is 0.0338. The number of hydrogen-bond acceptors (Lipinski definition) is 6. The van der Waals surface area contributed by atoms with Crippen molar-refractivity contribution in [2.45, 2.75) is 6.92 Å². The van der Waals surface area contributed by atoms with Gasteiger partial charge in [-0.15, -0.1) is 10.2 Å². The molecule has 8 nitrogen and oxygen atoms in total. The number of rotatable bonds is 5. The van der Waals surface area contributed by atoms with E-state index < -0.39 is 12.5 Å². The Morgan fingerprint density at radius 3 is 2.62 bits per heavy atom. The van der Waals surface area contributed by atoms with Crippen LogP contribution in [-0.2, 0) is 4.79 Å². The summed E-state index contributed by atoms with van der Waals surface area (Å²) in [6, 6.07) is 10.2. The van der Waals surface area contributed by atoms with Crippen LogP contribution in [0.25, 0.3) is 10.9 Å². The van der Waals surface area contributed by atoms with Crippen LogP contribution < -0.4 is 9.47 Å². The normalized spacial score (nSPS) is 11.2. The zero-order chi connectivity index (χ0) is 21.1. The number of fused-ring (bicyclic) bond motifs is 1. The highest BCUT2D eigenvalue weighted by Gasteiger charge is 2.19. The lowest BCUT2D eigenvalue weighted by atomic mass is 10.2. The number of azo groups is 1. The summed E-state index contributed by atoms with van der Waals surface area (Å²) in [5.74, 6) is -0.676. The lowest BCUT2D eigenvalue weighted by molar-refractivity contribution is -0.120. The maximum absolute atomic E-state index is 12.1. The second-order valence-electron chi connectivity index (χ2n) is 5.85. The van der Waals surface area contributed by atoms with E-state index in [9.17, 15) is 14.7 Å². The maximum Gasteiger partial charge on any atom is 0.302 e. The van der Waals surface area contributed by atoms with E-state index in [1.807, 2.05) is 0 Å². The van der Waals surface area contributed by atoms with Crippen molar-refractivity contribution < 1.29 is 24.2 Å². The van der Waals surface area contributed by atoms with Crippen molar-refractivity contribution in [3.05, 3.63) is 45.3 Å². The van der Waals surface area contributed by atoms with Crippen LogP contribution in [-0.4, -0.2) is 35.2 Å². The number of methoxy groups -OCH3 is 1. The largest absolute Gasteiger partial charge is 0.493 e. The van der Waals surface area contributed by atoms with Gasteiger partial charge in [-0.3, -0.25) is 9.59 Å². The van der Waals surface area contributed by atoms with E-state index in [0.29, 0.717) is 26.9 Å². The first kappa shape index (κ1) is 21.0.